The van der Waals surface area contributed by atoms with Crippen LogP contribution in [-0.2, 0) is 0 Å². The molecule has 1 aliphatic carbocycles. The van der Waals surface area contributed by atoms with Gasteiger partial charge in [-0.15, -0.1) is 5.10 Å². The molecule has 0 unspecified atom stereocenters. The summed E-state index contributed by atoms with van der Waals surface area (Å²) >= 11 is 1.05. The summed E-state index contributed by atoms with van der Waals surface area (Å²) in [7, 11) is 0. The molecule has 1 saturated carbocycles. The minimum Gasteiger partial charge on any atom is -0.333 e. The molecule has 16 heavy (non-hydrogen) atoms. The van der Waals surface area contributed by atoms with E-state index in [1.165, 1.54) is 6.20 Å². The number of rotatable bonds is 2. The van der Waals surface area contributed by atoms with Crippen molar-refractivity contribution in [3.63, 3.8) is 0 Å². The van der Waals surface area contributed by atoms with Crippen molar-refractivity contribution in [2.75, 3.05) is 0 Å². The Hall–Kier alpha value is -1.48. The Kier molecular flexibility index (Phi) is 3.15. The smallest absolute Gasteiger partial charge is 0.265 e. The van der Waals surface area contributed by atoms with Crippen LogP contribution in [0.15, 0.2) is 6.20 Å². The highest BCUT2D eigenvalue weighted by Crippen LogP contribution is 2.27. The van der Waals surface area contributed by atoms with Crippen LogP contribution in [0.5, 0.6) is 0 Å². The lowest BCUT2D eigenvalue weighted by atomic mass is 9.83. The van der Waals surface area contributed by atoms with Gasteiger partial charge in [0, 0.05) is 0 Å². The first-order valence-electron chi connectivity index (χ1n) is 5.27. The van der Waals surface area contributed by atoms with Crippen molar-refractivity contribution < 1.29 is 4.79 Å². The number of hydrogen-bond acceptors (Lipinski definition) is 5. The van der Waals surface area contributed by atoms with E-state index in [0.717, 1.165) is 43.6 Å². The maximum Gasteiger partial charge on any atom is 0.265 e. The van der Waals surface area contributed by atoms with Gasteiger partial charge in [-0.05, 0) is 24.4 Å². The molecule has 1 fully saturated rings. The van der Waals surface area contributed by atoms with Gasteiger partial charge in [0.05, 0.1) is 12.3 Å². The van der Waals surface area contributed by atoms with Gasteiger partial charge >= 0.3 is 0 Å². The zero-order valence-electron chi connectivity index (χ0n) is 8.77. The van der Waals surface area contributed by atoms with Crippen molar-refractivity contribution in [3.8, 4) is 6.07 Å². The van der Waals surface area contributed by atoms with Crippen LogP contribution in [0.1, 0.15) is 41.8 Å². The van der Waals surface area contributed by atoms with Gasteiger partial charge in [0.2, 0.25) is 0 Å². The lowest BCUT2D eigenvalue weighted by molar-refractivity contribution is 0.0906. The van der Waals surface area contributed by atoms with Gasteiger partial charge < -0.3 is 5.32 Å². The van der Waals surface area contributed by atoms with Gasteiger partial charge in [0.25, 0.3) is 5.91 Å². The standard InChI is InChI=1S/C10H12N4OS/c11-7-10(4-2-1-3-5-10)13-9(15)8-6-12-14-16-8/h6H,1-5H2,(H,13,15). The maximum absolute atomic E-state index is 11.8. The third-order valence-corrected chi connectivity index (χ3v) is 3.52. The second-order valence-corrected chi connectivity index (χ2v) is 4.78. The van der Waals surface area contributed by atoms with E-state index in [4.69, 9.17) is 0 Å². The van der Waals surface area contributed by atoms with Crippen LogP contribution in [0.2, 0.25) is 0 Å². The fourth-order valence-corrected chi connectivity index (χ4v) is 2.38. The molecule has 1 heterocycles. The molecule has 1 aromatic heterocycles. The van der Waals surface area contributed by atoms with Crippen molar-refractivity contribution in [1.29, 1.82) is 5.26 Å². The van der Waals surface area contributed by atoms with Gasteiger partial charge in [0.1, 0.15) is 10.4 Å². The fourth-order valence-electron chi connectivity index (χ4n) is 1.97. The van der Waals surface area contributed by atoms with E-state index in [1.54, 1.807) is 0 Å². The normalized spacial score (nSPS) is 18.7. The number of aromatic nitrogens is 2. The number of nitrogens with zero attached hydrogens (tertiary/aromatic N) is 3. The van der Waals surface area contributed by atoms with Crippen LogP contribution in [0, 0.1) is 11.3 Å². The predicted octanol–water partition coefficient (Wildman–Crippen LogP) is 1.49. The van der Waals surface area contributed by atoms with E-state index >= 15 is 0 Å². The van der Waals surface area contributed by atoms with Crippen molar-refractivity contribution in [1.82, 2.24) is 14.9 Å². The van der Waals surface area contributed by atoms with Crippen LogP contribution in [0.25, 0.3) is 0 Å². The molecular weight excluding hydrogens is 224 g/mol. The highest BCUT2D eigenvalue weighted by molar-refractivity contribution is 7.07. The summed E-state index contributed by atoms with van der Waals surface area (Å²) in [6, 6.07) is 2.24. The maximum atomic E-state index is 11.8. The monoisotopic (exact) mass is 236 g/mol. The molecule has 1 N–H and O–H groups in total. The summed E-state index contributed by atoms with van der Waals surface area (Å²) in [6.45, 7) is 0. The summed E-state index contributed by atoms with van der Waals surface area (Å²) in [4.78, 5) is 12.3. The molecule has 0 atom stereocenters. The summed E-state index contributed by atoms with van der Waals surface area (Å²) in [5.41, 5.74) is -0.681. The number of carbonyl (C=O) groups excluding carboxylic acids is 1. The molecule has 84 valence electrons. The zero-order valence-corrected chi connectivity index (χ0v) is 9.59. The third kappa shape index (κ3) is 2.19. The number of carbonyl (C=O) groups is 1. The highest BCUT2D eigenvalue weighted by Gasteiger charge is 2.34. The largest absolute Gasteiger partial charge is 0.333 e. The van der Waals surface area contributed by atoms with Crippen LogP contribution in [0.3, 0.4) is 0 Å². The van der Waals surface area contributed by atoms with Crippen molar-refractivity contribution in [2.24, 2.45) is 0 Å². The van der Waals surface area contributed by atoms with Crippen molar-refractivity contribution in [3.05, 3.63) is 11.1 Å². The summed E-state index contributed by atoms with van der Waals surface area (Å²) in [5, 5.41) is 15.6. The first-order chi connectivity index (χ1) is 7.76. The lowest BCUT2D eigenvalue weighted by Crippen LogP contribution is -2.48. The quantitative estimate of drug-likeness (QED) is 0.843. The fraction of sp³-hybridized carbons (Fsp3) is 0.600. The Morgan fingerprint density at radius 1 is 1.50 bits per heavy atom. The molecule has 0 bridgehead atoms. The summed E-state index contributed by atoms with van der Waals surface area (Å²) in [5.74, 6) is -0.238. The first-order valence-corrected chi connectivity index (χ1v) is 6.04. The van der Waals surface area contributed by atoms with Crippen molar-refractivity contribution >= 4 is 17.4 Å². The van der Waals surface area contributed by atoms with E-state index in [2.05, 4.69) is 21.0 Å². The summed E-state index contributed by atoms with van der Waals surface area (Å²) < 4.78 is 3.63. The molecule has 0 spiro atoms. The molecule has 6 heteroatoms. The lowest BCUT2D eigenvalue weighted by Gasteiger charge is -2.31. The van der Waals surface area contributed by atoms with Crippen molar-refractivity contribution in [2.45, 2.75) is 37.6 Å². The minimum atomic E-state index is -0.681. The zero-order chi connectivity index (χ0) is 11.4. The minimum absolute atomic E-state index is 0.238. The predicted molar refractivity (Wildman–Crippen MR) is 58.8 cm³/mol. The van der Waals surface area contributed by atoms with Crippen LogP contribution in [-0.4, -0.2) is 21.0 Å². The summed E-state index contributed by atoms with van der Waals surface area (Å²) in [6.07, 6.45) is 6.03. The molecule has 0 aromatic carbocycles. The Morgan fingerprint density at radius 3 is 2.81 bits per heavy atom. The van der Waals surface area contributed by atoms with Gasteiger partial charge in [-0.1, -0.05) is 23.8 Å². The van der Waals surface area contributed by atoms with E-state index in [0.29, 0.717) is 4.88 Å². The van der Waals surface area contributed by atoms with Crippen LogP contribution < -0.4 is 5.32 Å². The molecule has 2 rings (SSSR count). The number of hydrogen-bond donors (Lipinski definition) is 1. The second kappa shape index (κ2) is 4.58. The van der Waals surface area contributed by atoms with E-state index < -0.39 is 5.54 Å². The second-order valence-electron chi connectivity index (χ2n) is 3.99. The molecule has 0 aliphatic heterocycles. The van der Waals surface area contributed by atoms with E-state index in [1.807, 2.05) is 0 Å². The Bertz CT molecular complexity index is 403. The Labute approximate surface area is 97.6 Å². The molecule has 1 aliphatic rings. The molecule has 5 nitrogen and oxygen atoms in total. The number of amides is 1. The van der Waals surface area contributed by atoms with Gasteiger partial charge in [-0.2, -0.15) is 5.26 Å². The van der Waals surface area contributed by atoms with Gasteiger partial charge in [-0.25, -0.2) is 0 Å². The van der Waals surface area contributed by atoms with Gasteiger partial charge in [0.15, 0.2) is 0 Å². The van der Waals surface area contributed by atoms with E-state index in [9.17, 15) is 10.1 Å². The first kappa shape index (κ1) is 11.0. The highest BCUT2D eigenvalue weighted by atomic mass is 32.1. The molecule has 1 amide bonds. The Balaban J connectivity index is 2.07. The average Bonchev–Trinajstić information content (AvgIpc) is 2.84. The molecule has 0 radical (unpaired) electrons. The number of nitriles is 1. The van der Waals surface area contributed by atoms with Gasteiger partial charge in [-0.3, -0.25) is 4.79 Å². The third-order valence-electron chi connectivity index (χ3n) is 2.86. The van der Waals surface area contributed by atoms with Crippen LogP contribution >= 0.6 is 11.5 Å². The molecular formula is C10H12N4OS. The average molecular weight is 236 g/mol. The Morgan fingerprint density at radius 2 is 2.25 bits per heavy atom. The topological polar surface area (TPSA) is 78.7 Å². The van der Waals surface area contributed by atoms with Crippen LogP contribution in [0.4, 0.5) is 0 Å². The SMILES string of the molecule is N#CC1(NC(=O)c2cnns2)CCCCC1. The molecule has 1 aromatic rings. The molecule has 0 saturated heterocycles. The van der Waals surface area contributed by atoms with E-state index in [-0.39, 0.29) is 5.91 Å². The number of nitrogens with one attached hydrogen (secondary N) is 1.